The Kier molecular flexibility index (Phi) is 5.62. The van der Waals surface area contributed by atoms with Crippen molar-refractivity contribution < 1.29 is 17.6 Å². The number of piperidine rings is 1. The Labute approximate surface area is 159 Å². The number of nitrogens with zero attached hydrogens (tertiary/aromatic N) is 1. The van der Waals surface area contributed by atoms with E-state index in [0.29, 0.717) is 12.8 Å². The summed E-state index contributed by atoms with van der Waals surface area (Å²) in [6.45, 7) is 4.26. The standard InChI is InChI=1S/C20H23FN2O3S/c1-14-3-6-17(7-4-14)27(25,26)23-11-9-16(10-12-23)20(24)22-19-13-15(2)5-8-18(19)21/h3-8,13,16H,9-12H2,1-2H3,(H,22,24). The van der Waals surface area contributed by atoms with Crippen LogP contribution in [0.2, 0.25) is 0 Å². The molecule has 1 fully saturated rings. The Balaban J connectivity index is 1.63. The van der Waals surface area contributed by atoms with E-state index in [9.17, 15) is 17.6 Å². The molecule has 1 N–H and O–H groups in total. The molecule has 1 aliphatic rings. The summed E-state index contributed by atoms with van der Waals surface area (Å²) >= 11 is 0. The Hall–Kier alpha value is -2.25. The summed E-state index contributed by atoms with van der Waals surface area (Å²) in [4.78, 5) is 12.7. The first-order valence-corrected chi connectivity index (χ1v) is 10.4. The molecule has 0 aliphatic carbocycles. The molecule has 2 aromatic carbocycles. The number of anilines is 1. The van der Waals surface area contributed by atoms with Crippen LogP contribution in [-0.2, 0) is 14.8 Å². The SMILES string of the molecule is Cc1ccc(S(=O)(=O)N2CCC(C(=O)Nc3cc(C)ccc3F)CC2)cc1. The van der Waals surface area contributed by atoms with Crippen LogP contribution in [0.4, 0.5) is 10.1 Å². The van der Waals surface area contributed by atoms with E-state index in [4.69, 9.17) is 0 Å². The van der Waals surface area contributed by atoms with Gasteiger partial charge in [0.05, 0.1) is 10.6 Å². The lowest BCUT2D eigenvalue weighted by atomic mass is 9.97. The van der Waals surface area contributed by atoms with Crippen LogP contribution in [0, 0.1) is 25.6 Å². The third kappa shape index (κ3) is 4.36. The van der Waals surface area contributed by atoms with E-state index in [0.717, 1.165) is 11.1 Å². The van der Waals surface area contributed by atoms with Gasteiger partial charge in [0.25, 0.3) is 0 Å². The number of carbonyl (C=O) groups is 1. The third-order valence-corrected chi connectivity index (χ3v) is 6.78. The summed E-state index contributed by atoms with van der Waals surface area (Å²) in [7, 11) is -3.56. The largest absolute Gasteiger partial charge is 0.323 e. The summed E-state index contributed by atoms with van der Waals surface area (Å²) in [5.41, 5.74) is 2.01. The van der Waals surface area contributed by atoms with Gasteiger partial charge in [-0.25, -0.2) is 12.8 Å². The van der Waals surface area contributed by atoms with Crippen LogP contribution in [0.1, 0.15) is 24.0 Å². The summed E-state index contributed by atoms with van der Waals surface area (Å²) in [6.07, 6.45) is 0.814. The molecule has 5 nitrogen and oxygen atoms in total. The molecule has 0 bridgehead atoms. The topological polar surface area (TPSA) is 66.5 Å². The molecule has 1 aliphatic heterocycles. The van der Waals surface area contributed by atoms with Gasteiger partial charge >= 0.3 is 0 Å². The first kappa shape index (κ1) is 19.5. The van der Waals surface area contributed by atoms with Crippen LogP contribution in [0.5, 0.6) is 0 Å². The molecular weight excluding hydrogens is 367 g/mol. The van der Waals surface area contributed by atoms with E-state index in [-0.39, 0.29) is 35.5 Å². The zero-order chi connectivity index (χ0) is 19.6. The maximum absolute atomic E-state index is 13.8. The second-order valence-electron chi connectivity index (χ2n) is 6.96. The van der Waals surface area contributed by atoms with Crippen molar-refractivity contribution in [3.05, 3.63) is 59.4 Å². The van der Waals surface area contributed by atoms with Crippen LogP contribution < -0.4 is 5.32 Å². The molecule has 1 saturated heterocycles. The van der Waals surface area contributed by atoms with Crippen molar-refractivity contribution in [3.8, 4) is 0 Å². The highest BCUT2D eigenvalue weighted by atomic mass is 32.2. The van der Waals surface area contributed by atoms with Gasteiger partial charge in [0.15, 0.2) is 0 Å². The first-order valence-electron chi connectivity index (χ1n) is 8.91. The number of hydrogen-bond donors (Lipinski definition) is 1. The number of hydrogen-bond acceptors (Lipinski definition) is 3. The van der Waals surface area contributed by atoms with Gasteiger partial charge in [-0.05, 0) is 56.5 Å². The predicted molar refractivity (Wildman–Crippen MR) is 102 cm³/mol. The van der Waals surface area contributed by atoms with Crippen molar-refractivity contribution in [3.63, 3.8) is 0 Å². The van der Waals surface area contributed by atoms with Gasteiger partial charge in [0, 0.05) is 19.0 Å². The number of halogens is 1. The van der Waals surface area contributed by atoms with Crippen molar-refractivity contribution in [1.82, 2.24) is 4.31 Å². The van der Waals surface area contributed by atoms with Crippen LogP contribution >= 0.6 is 0 Å². The summed E-state index contributed by atoms with van der Waals surface area (Å²) < 4.78 is 40.7. The fraction of sp³-hybridized carbons (Fsp3) is 0.350. The number of benzene rings is 2. The fourth-order valence-corrected chi connectivity index (χ4v) is 4.66. The fourth-order valence-electron chi connectivity index (χ4n) is 3.19. The number of nitrogens with one attached hydrogen (secondary N) is 1. The summed E-state index contributed by atoms with van der Waals surface area (Å²) in [5, 5.41) is 2.63. The Morgan fingerprint density at radius 2 is 1.63 bits per heavy atom. The van der Waals surface area contributed by atoms with Crippen LogP contribution in [0.25, 0.3) is 0 Å². The van der Waals surface area contributed by atoms with Gasteiger partial charge in [-0.2, -0.15) is 4.31 Å². The van der Waals surface area contributed by atoms with Crippen molar-refractivity contribution in [1.29, 1.82) is 0 Å². The van der Waals surface area contributed by atoms with E-state index in [2.05, 4.69) is 5.32 Å². The highest BCUT2D eigenvalue weighted by Crippen LogP contribution is 2.25. The van der Waals surface area contributed by atoms with Crippen molar-refractivity contribution in [2.45, 2.75) is 31.6 Å². The van der Waals surface area contributed by atoms with E-state index >= 15 is 0 Å². The maximum atomic E-state index is 13.8. The van der Waals surface area contributed by atoms with Crippen molar-refractivity contribution in [2.24, 2.45) is 5.92 Å². The van der Waals surface area contributed by atoms with Gasteiger partial charge in [0.2, 0.25) is 15.9 Å². The molecule has 0 unspecified atom stereocenters. The number of rotatable bonds is 4. The molecule has 3 rings (SSSR count). The smallest absolute Gasteiger partial charge is 0.243 e. The van der Waals surface area contributed by atoms with Gasteiger partial charge in [-0.1, -0.05) is 23.8 Å². The monoisotopic (exact) mass is 390 g/mol. The summed E-state index contributed by atoms with van der Waals surface area (Å²) in [5.74, 6) is -1.09. The third-order valence-electron chi connectivity index (χ3n) is 4.86. The first-order chi connectivity index (χ1) is 12.8. The molecule has 0 radical (unpaired) electrons. The molecule has 2 aromatic rings. The molecule has 1 amide bonds. The lowest BCUT2D eigenvalue weighted by Crippen LogP contribution is -2.41. The second kappa shape index (κ2) is 7.78. The number of amides is 1. The van der Waals surface area contributed by atoms with E-state index in [1.807, 2.05) is 13.8 Å². The van der Waals surface area contributed by atoms with Crippen LogP contribution in [0.15, 0.2) is 47.4 Å². The minimum Gasteiger partial charge on any atom is -0.323 e. The highest BCUT2D eigenvalue weighted by Gasteiger charge is 2.32. The molecule has 0 atom stereocenters. The minimum atomic E-state index is -3.56. The Morgan fingerprint density at radius 3 is 2.26 bits per heavy atom. The second-order valence-corrected chi connectivity index (χ2v) is 8.90. The molecular formula is C20H23FN2O3S. The quantitative estimate of drug-likeness (QED) is 0.869. The number of carbonyl (C=O) groups excluding carboxylic acids is 1. The van der Waals surface area contributed by atoms with Crippen LogP contribution in [-0.4, -0.2) is 31.7 Å². The van der Waals surface area contributed by atoms with E-state index in [1.54, 1.807) is 36.4 Å². The molecule has 27 heavy (non-hydrogen) atoms. The van der Waals surface area contributed by atoms with E-state index in [1.165, 1.54) is 10.4 Å². The van der Waals surface area contributed by atoms with E-state index < -0.39 is 15.8 Å². The highest BCUT2D eigenvalue weighted by molar-refractivity contribution is 7.89. The zero-order valence-electron chi connectivity index (χ0n) is 15.4. The van der Waals surface area contributed by atoms with Crippen LogP contribution in [0.3, 0.4) is 0 Å². The minimum absolute atomic E-state index is 0.162. The van der Waals surface area contributed by atoms with Crippen molar-refractivity contribution in [2.75, 3.05) is 18.4 Å². The van der Waals surface area contributed by atoms with Gasteiger partial charge < -0.3 is 5.32 Å². The Morgan fingerprint density at radius 1 is 1.04 bits per heavy atom. The molecule has 1 heterocycles. The average Bonchev–Trinajstić information content (AvgIpc) is 2.65. The maximum Gasteiger partial charge on any atom is 0.243 e. The van der Waals surface area contributed by atoms with Gasteiger partial charge in [-0.3, -0.25) is 4.79 Å². The lowest BCUT2D eigenvalue weighted by Gasteiger charge is -2.30. The normalized spacial score (nSPS) is 16.3. The Bertz CT molecular complexity index is 934. The molecule has 0 aromatic heterocycles. The zero-order valence-corrected chi connectivity index (χ0v) is 16.2. The predicted octanol–water partition coefficient (Wildman–Crippen LogP) is 3.48. The van der Waals surface area contributed by atoms with Gasteiger partial charge in [0.1, 0.15) is 5.82 Å². The molecule has 0 saturated carbocycles. The summed E-state index contributed by atoms with van der Waals surface area (Å²) in [6, 6.07) is 11.3. The van der Waals surface area contributed by atoms with Crippen molar-refractivity contribution >= 4 is 21.6 Å². The number of aryl methyl sites for hydroxylation is 2. The molecule has 0 spiro atoms. The molecule has 7 heteroatoms. The average molecular weight is 390 g/mol. The lowest BCUT2D eigenvalue weighted by molar-refractivity contribution is -0.120. The number of sulfonamides is 1. The molecule has 144 valence electrons. The van der Waals surface area contributed by atoms with Gasteiger partial charge in [-0.15, -0.1) is 0 Å².